The largest absolute Gasteiger partial charge is 0.497 e. The van der Waals surface area contributed by atoms with E-state index in [1.807, 2.05) is 160 Å². The summed E-state index contributed by atoms with van der Waals surface area (Å²) in [7, 11) is 1.66. The first-order valence-corrected chi connectivity index (χ1v) is 32.8. The van der Waals surface area contributed by atoms with Crippen molar-refractivity contribution in [2.24, 2.45) is 0 Å². The fourth-order valence-electron chi connectivity index (χ4n) is 13.3. The predicted molar refractivity (Wildman–Crippen MR) is 369 cm³/mol. The van der Waals surface area contributed by atoms with Crippen molar-refractivity contribution >= 4 is 32.7 Å². The molecule has 0 N–H and O–H groups in total. The number of ether oxygens (including phenoxy) is 3. The maximum Gasteiger partial charge on any atom is 0.255 e. The van der Waals surface area contributed by atoms with Gasteiger partial charge in [-0.1, -0.05) is 18.2 Å². The number of aromatic nitrogens is 10. The van der Waals surface area contributed by atoms with Crippen LogP contribution in [0.15, 0.2) is 197 Å². The molecule has 0 unspecified atom stereocenters. The first-order valence-electron chi connectivity index (χ1n) is 32.8. The zero-order valence-corrected chi connectivity index (χ0v) is 53.5. The van der Waals surface area contributed by atoms with E-state index in [0.717, 1.165) is 145 Å². The first-order chi connectivity index (χ1) is 46.0. The maximum atomic E-state index is 13.0. The van der Waals surface area contributed by atoms with Gasteiger partial charge in [0.15, 0.2) is 11.5 Å². The molecule has 16 rings (SSSR count). The summed E-state index contributed by atoms with van der Waals surface area (Å²) < 4.78 is 27.3. The van der Waals surface area contributed by atoms with Gasteiger partial charge in [0.05, 0.1) is 67.6 Å². The second-order valence-electron chi connectivity index (χ2n) is 24.8. The summed E-state index contributed by atoms with van der Waals surface area (Å²) in [5.41, 5.74) is 13.1. The second-order valence-corrected chi connectivity index (χ2v) is 24.8. The molecule has 12 aromatic rings. The highest BCUT2D eigenvalue weighted by atomic mass is 16.7. The van der Waals surface area contributed by atoms with E-state index in [9.17, 15) is 14.4 Å². The van der Waals surface area contributed by atoms with Gasteiger partial charge < -0.3 is 28.9 Å². The highest BCUT2D eigenvalue weighted by Crippen LogP contribution is 2.36. The highest BCUT2D eigenvalue weighted by molar-refractivity contribution is 5.83. The smallest absolute Gasteiger partial charge is 0.255 e. The van der Waals surface area contributed by atoms with Gasteiger partial charge in [-0.05, 0) is 228 Å². The number of fused-ring (bicyclic) bond motifs is 4. The predicted octanol–water partition coefficient (Wildman–Crippen LogP) is 11.6. The second kappa shape index (κ2) is 27.5. The lowest BCUT2D eigenvalue weighted by molar-refractivity contribution is 0.174. The van der Waals surface area contributed by atoms with E-state index in [-0.39, 0.29) is 23.5 Å². The maximum absolute atomic E-state index is 13.0. The monoisotopic (exact) mass is 1260 g/mol. The average molecular weight is 1260 g/mol. The van der Waals surface area contributed by atoms with Crippen LogP contribution in [0.25, 0.3) is 83.3 Å². The average Bonchev–Trinajstić information content (AvgIpc) is 1.47. The summed E-state index contributed by atoms with van der Waals surface area (Å²) in [6, 6.07) is 44.7. The minimum Gasteiger partial charge on any atom is -0.497 e. The van der Waals surface area contributed by atoms with Gasteiger partial charge in [-0.25, -0.2) is 0 Å². The molecule has 19 heteroatoms. The molecular formula is C75H77N13O6. The van der Waals surface area contributed by atoms with Crippen molar-refractivity contribution in [3.8, 4) is 67.8 Å². The number of pyridine rings is 4. The molecular weight excluding hydrogens is 1180 g/mol. The third-order valence-corrected chi connectivity index (χ3v) is 18.6. The van der Waals surface area contributed by atoms with Crippen molar-refractivity contribution in [2.75, 3.05) is 72.8 Å². The van der Waals surface area contributed by atoms with Gasteiger partial charge >= 0.3 is 0 Å². The van der Waals surface area contributed by atoms with Crippen LogP contribution in [0.4, 0.5) is 0 Å². The summed E-state index contributed by atoms with van der Waals surface area (Å²) in [5, 5.41) is 16.9. The molecule has 0 atom stereocenters. The third-order valence-electron chi connectivity index (χ3n) is 18.6. The SMILES string of the molecule is COc1ccc(-c2ccn(-c3ccc4c(cnn4CCN4CCCC4)c3)c(=O)c2)c(C)c1.Cc1ccc(-c2ccn(-c3ccc4c(cnn4CCN4CCCC4)c3)c(=O)c2)nc1.O=c1cc(-c2ccc3c(c2)OCO3)ccn1-c1ccc2c(cnn2CCN2CCCC2)c1. The van der Waals surface area contributed by atoms with Gasteiger partial charge in [0, 0.05) is 101 Å². The van der Waals surface area contributed by atoms with Crippen molar-refractivity contribution in [3.05, 3.63) is 225 Å². The van der Waals surface area contributed by atoms with Crippen molar-refractivity contribution in [1.82, 2.24) is 62.7 Å². The zero-order chi connectivity index (χ0) is 64.1. The Kier molecular flexibility index (Phi) is 18.0. The fourth-order valence-corrected chi connectivity index (χ4v) is 13.3. The molecule has 11 heterocycles. The van der Waals surface area contributed by atoms with Crippen LogP contribution in [0.2, 0.25) is 0 Å². The molecule has 3 fully saturated rings. The number of hydrogen-bond donors (Lipinski definition) is 0. The van der Waals surface area contributed by atoms with E-state index >= 15 is 0 Å². The van der Waals surface area contributed by atoms with Crippen LogP contribution in [-0.2, 0) is 19.6 Å². The molecule has 19 nitrogen and oxygen atoms in total. The molecule has 3 saturated heterocycles. The van der Waals surface area contributed by atoms with E-state index in [2.05, 4.69) is 67.2 Å². The van der Waals surface area contributed by atoms with Gasteiger partial charge in [-0.15, -0.1) is 0 Å². The molecule has 4 aliphatic rings. The van der Waals surface area contributed by atoms with Crippen LogP contribution >= 0.6 is 0 Å². The normalized spacial score (nSPS) is 14.8. The highest BCUT2D eigenvalue weighted by Gasteiger charge is 2.19. The van der Waals surface area contributed by atoms with Crippen molar-refractivity contribution in [2.45, 2.75) is 72.0 Å². The minimum absolute atomic E-state index is 0.0570. The summed E-state index contributed by atoms with van der Waals surface area (Å²) in [4.78, 5) is 50.5. The quantitative estimate of drug-likeness (QED) is 0.0896. The Hall–Kier alpha value is -10.2. The van der Waals surface area contributed by atoms with E-state index in [1.54, 1.807) is 39.0 Å². The van der Waals surface area contributed by atoms with E-state index in [4.69, 9.17) is 14.2 Å². The third kappa shape index (κ3) is 13.5. The number of hydrogen-bond acceptors (Lipinski definition) is 13. The van der Waals surface area contributed by atoms with E-state index < -0.39 is 0 Å². The molecule has 0 bridgehead atoms. The molecule has 5 aromatic carbocycles. The minimum atomic E-state index is -0.0825. The van der Waals surface area contributed by atoms with Gasteiger partial charge in [0.25, 0.3) is 16.7 Å². The van der Waals surface area contributed by atoms with Gasteiger partial charge in [-0.3, -0.25) is 47.1 Å². The van der Waals surface area contributed by atoms with Gasteiger partial charge in [0.2, 0.25) is 6.79 Å². The number of likely N-dealkylation sites (tertiary alicyclic amines) is 3. The molecule has 7 aromatic heterocycles. The number of methoxy groups -OCH3 is 1. The van der Waals surface area contributed by atoms with Crippen molar-refractivity contribution < 1.29 is 14.2 Å². The van der Waals surface area contributed by atoms with E-state index in [1.165, 1.54) is 77.8 Å². The molecule has 0 aliphatic carbocycles. The van der Waals surface area contributed by atoms with Gasteiger partial charge in [-0.2, -0.15) is 15.3 Å². The van der Waals surface area contributed by atoms with Crippen LogP contribution in [0.3, 0.4) is 0 Å². The number of nitrogens with zero attached hydrogens (tertiary/aromatic N) is 13. The number of aryl methyl sites for hydroxylation is 2. The standard InChI is InChI=1S/C26H28N4O2.C25H24N4O3.C24H25N5O/c1-19-15-23(32-2)6-7-24(19)20-9-12-29(26(31)17-20)22-5-8-25-21(16-22)18-27-30(25)14-13-28-10-3-4-11-28;30-25-15-19(18-3-6-23-24(14-18)32-17-31-23)7-10-28(25)21-4-5-22-20(13-21)16-26-29(22)12-11-27-8-1-2-9-27;1-18-4-6-22(25-16-18)19-8-11-28(24(30)15-19)21-5-7-23-20(14-21)17-26-29(23)13-12-27-9-2-3-10-27/h5-9,12,15-18H,3-4,10-11,13-14H2,1-2H3;3-7,10,13-16H,1-2,8-9,11-12,17H2;4-8,11,14-17H,2-3,9-10,12-13H2,1H3. The van der Waals surface area contributed by atoms with Crippen molar-refractivity contribution in [3.63, 3.8) is 0 Å². The van der Waals surface area contributed by atoms with Crippen LogP contribution in [0, 0.1) is 13.8 Å². The Morgan fingerprint density at radius 2 is 0.862 bits per heavy atom. The number of benzene rings is 5. The van der Waals surface area contributed by atoms with Crippen LogP contribution in [-0.4, -0.2) is 136 Å². The van der Waals surface area contributed by atoms with Gasteiger partial charge in [0.1, 0.15) is 5.75 Å². The first kappa shape index (κ1) is 61.3. The van der Waals surface area contributed by atoms with Crippen LogP contribution in [0.1, 0.15) is 49.7 Å². The molecule has 4 aliphatic heterocycles. The fraction of sp³-hybridized carbons (Fsp3) is 0.293. The molecule has 478 valence electrons. The Morgan fingerprint density at radius 1 is 0.415 bits per heavy atom. The topological polar surface area (TPSA) is 170 Å². The molecule has 0 amide bonds. The summed E-state index contributed by atoms with van der Waals surface area (Å²) >= 11 is 0. The lowest BCUT2D eigenvalue weighted by Crippen LogP contribution is -2.24. The van der Waals surface area contributed by atoms with Crippen molar-refractivity contribution in [1.29, 1.82) is 0 Å². The number of rotatable bonds is 16. The van der Waals surface area contributed by atoms with Crippen LogP contribution < -0.4 is 30.9 Å². The summed E-state index contributed by atoms with van der Waals surface area (Å²) in [5.74, 6) is 2.25. The van der Waals surface area contributed by atoms with Crippen LogP contribution in [0.5, 0.6) is 17.2 Å². The molecule has 0 spiro atoms. The Bertz CT molecular complexity index is 4870. The molecule has 94 heavy (non-hydrogen) atoms. The lowest BCUT2D eigenvalue weighted by Gasteiger charge is -2.14. The lowest BCUT2D eigenvalue weighted by atomic mass is 10.0. The summed E-state index contributed by atoms with van der Waals surface area (Å²) in [6.45, 7) is 17.2. The zero-order valence-electron chi connectivity index (χ0n) is 53.5. The Labute approximate surface area is 544 Å². The molecule has 0 radical (unpaired) electrons. The van der Waals surface area contributed by atoms with E-state index in [0.29, 0.717) is 5.75 Å². The Morgan fingerprint density at radius 3 is 1.32 bits per heavy atom. The Balaban J connectivity index is 0.000000122. The summed E-state index contributed by atoms with van der Waals surface area (Å²) in [6.07, 6.45) is 20.8. The molecule has 0 saturated carbocycles.